The summed E-state index contributed by atoms with van der Waals surface area (Å²) in [7, 11) is 0. The van der Waals surface area contributed by atoms with E-state index in [2.05, 4.69) is 257 Å². The van der Waals surface area contributed by atoms with E-state index in [0.717, 1.165) is 0 Å². The van der Waals surface area contributed by atoms with Gasteiger partial charge in [-0.1, -0.05) is 220 Å². The van der Waals surface area contributed by atoms with Crippen LogP contribution in [0.3, 0.4) is 0 Å². The summed E-state index contributed by atoms with van der Waals surface area (Å²) >= 11 is 0. The molecular formula is C69H46. The highest BCUT2D eigenvalue weighted by Gasteiger charge is 2.35. The maximum absolute atomic E-state index is 2.48. The second-order valence-electron chi connectivity index (χ2n) is 19.5. The zero-order valence-electron chi connectivity index (χ0n) is 38.6. The number of rotatable bonds is 5. The van der Waals surface area contributed by atoms with Gasteiger partial charge in [0.15, 0.2) is 0 Å². The van der Waals surface area contributed by atoms with E-state index in [4.69, 9.17) is 0 Å². The van der Waals surface area contributed by atoms with Crippen LogP contribution in [0.4, 0.5) is 0 Å². The summed E-state index contributed by atoms with van der Waals surface area (Å²) in [5.41, 5.74) is 17.7. The molecule has 0 nitrogen and oxygen atoms in total. The van der Waals surface area contributed by atoms with Gasteiger partial charge < -0.3 is 0 Å². The SMILES string of the molecule is CC1(C)c2ccccc2-c2ccc(-c3ccc4c(-c5cccc(-c6cc7ccccc7c7ccccc67)c5)c5ccccc5c(-c5cccc(-c6cc7ccccc7c7ccccc67)c5)c4c3)cc21. The smallest absolute Gasteiger partial charge is 0.0159 e. The first-order valence-corrected chi connectivity index (χ1v) is 24.2. The van der Waals surface area contributed by atoms with E-state index in [-0.39, 0.29) is 5.41 Å². The van der Waals surface area contributed by atoms with E-state index in [1.54, 1.807) is 0 Å². The average molecular weight is 875 g/mol. The van der Waals surface area contributed by atoms with Crippen LogP contribution in [0.25, 0.3) is 131 Å². The topological polar surface area (TPSA) is 0 Å². The quantitative estimate of drug-likeness (QED) is 0.119. The number of hydrogen-bond acceptors (Lipinski definition) is 0. The van der Waals surface area contributed by atoms with Crippen molar-refractivity contribution < 1.29 is 0 Å². The molecule has 1 aliphatic rings. The first kappa shape index (κ1) is 39.6. The van der Waals surface area contributed by atoms with Crippen LogP contribution in [0.1, 0.15) is 25.0 Å². The summed E-state index contributed by atoms with van der Waals surface area (Å²) in [4.78, 5) is 0. The molecule has 0 aromatic heterocycles. The predicted octanol–water partition coefficient (Wildman–Crippen LogP) is 19.2. The number of benzene rings is 13. The Morgan fingerprint density at radius 1 is 0.217 bits per heavy atom. The molecule has 13 aromatic rings. The van der Waals surface area contributed by atoms with Crippen molar-refractivity contribution in [2.24, 2.45) is 0 Å². The lowest BCUT2D eigenvalue weighted by molar-refractivity contribution is 0.660. The van der Waals surface area contributed by atoms with E-state index < -0.39 is 0 Å². The van der Waals surface area contributed by atoms with Crippen LogP contribution in [0.5, 0.6) is 0 Å². The molecule has 0 heteroatoms. The molecule has 322 valence electrons. The summed E-state index contributed by atoms with van der Waals surface area (Å²) in [6.07, 6.45) is 0. The second-order valence-corrected chi connectivity index (χ2v) is 19.5. The Morgan fingerprint density at radius 3 is 1.23 bits per heavy atom. The van der Waals surface area contributed by atoms with Crippen molar-refractivity contribution in [3.8, 4) is 66.8 Å². The fourth-order valence-corrected chi connectivity index (χ4v) is 12.1. The zero-order chi connectivity index (χ0) is 45.8. The number of fused-ring (bicyclic) bond motifs is 11. The molecule has 0 aliphatic heterocycles. The molecule has 69 heavy (non-hydrogen) atoms. The van der Waals surface area contributed by atoms with Gasteiger partial charge in [0.2, 0.25) is 0 Å². The van der Waals surface area contributed by atoms with Crippen molar-refractivity contribution in [1.29, 1.82) is 0 Å². The number of hydrogen-bond donors (Lipinski definition) is 0. The Balaban J connectivity index is 1.02. The van der Waals surface area contributed by atoms with E-state index in [1.165, 1.54) is 143 Å². The van der Waals surface area contributed by atoms with Gasteiger partial charge in [-0.2, -0.15) is 0 Å². The summed E-state index contributed by atoms with van der Waals surface area (Å²) in [6, 6.07) is 91.1. The summed E-state index contributed by atoms with van der Waals surface area (Å²) in [6.45, 7) is 4.75. The Kier molecular flexibility index (Phi) is 8.73. The lowest BCUT2D eigenvalue weighted by atomic mass is 9.81. The van der Waals surface area contributed by atoms with E-state index in [1.807, 2.05) is 0 Å². The fraction of sp³-hybridized carbons (Fsp3) is 0.0435. The van der Waals surface area contributed by atoms with Gasteiger partial charge in [-0.15, -0.1) is 0 Å². The van der Waals surface area contributed by atoms with E-state index in [0.29, 0.717) is 0 Å². The lowest BCUT2D eigenvalue weighted by Gasteiger charge is -2.22. The highest BCUT2D eigenvalue weighted by molar-refractivity contribution is 6.23. The standard InChI is InChI=1S/C69H46/c1-69(2)65-32-14-13-29-57(65)58-35-33-44(42-66(58)69)43-34-36-61-64(39-43)68(50-22-16-20-46(38-50)63-41-48-18-4-6-24-52(48)54-26-8-10-28-56(54)63)60-31-12-11-30-59(60)67(61)49-21-15-19-45(37-49)62-40-47-17-3-5-23-51(47)53-25-7-9-27-55(53)62/h3-42H,1-2H3. The van der Waals surface area contributed by atoms with Crippen LogP contribution < -0.4 is 0 Å². The molecule has 0 heterocycles. The third-order valence-corrected chi connectivity index (χ3v) is 15.4. The first-order chi connectivity index (χ1) is 34.0. The van der Waals surface area contributed by atoms with Crippen LogP contribution in [0.2, 0.25) is 0 Å². The van der Waals surface area contributed by atoms with E-state index in [9.17, 15) is 0 Å². The predicted molar refractivity (Wildman–Crippen MR) is 296 cm³/mol. The second kappa shape index (κ2) is 15.2. The van der Waals surface area contributed by atoms with Crippen molar-refractivity contribution in [2.75, 3.05) is 0 Å². The molecule has 0 spiro atoms. The third-order valence-electron chi connectivity index (χ3n) is 15.4. The lowest BCUT2D eigenvalue weighted by Crippen LogP contribution is -2.14. The first-order valence-electron chi connectivity index (χ1n) is 24.2. The normalized spacial score (nSPS) is 12.9. The van der Waals surface area contributed by atoms with Crippen molar-refractivity contribution in [3.63, 3.8) is 0 Å². The maximum atomic E-state index is 2.48. The monoisotopic (exact) mass is 874 g/mol. The van der Waals surface area contributed by atoms with Crippen molar-refractivity contribution in [3.05, 3.63) is 254 Å². The third kappa shape index (κ3) is 6.09. The van der Waals surface area contributed by atoms with Crippen LogP contribution in [0, 0.1) is 0 Å². The Morgan fingerprint density at radius 2 is 0.638 bits per heavy atom. The molecule has 0 unspecified atom stereocenters. The molecule has 13 aromatic carbocycles. The van der Waals surface area contributed by atoms with Gasteiger partial charge >= 0.3 is 0 Å². The van der Waals surface area contributed by atoms with Crippen molar-refractivity contribution in [2.45, 2.75) is 19.3 Å². The van der Waals surface area contributed by atoms with Crippen LogP contribution in [-0.2, 0) is 5.41 Å². The molecule has 14 rings (SSSR count). The van der Waals surface area contributed by atoms with Gasteiger partial charge in [0.1, 0.15) is 0 Å². The molecule has 0 saturated carbocycles. The minimum absolute atomic E-state index is 0.0952. The van der Waals surface area contributed by atoms with Crippen LogP contribution >= 0.6 is 0 Å². The van der Waals surface area contributed by atoms with E-state index >= 15 is 0 Å². The molecule has 0 N–H and O–H groups in total. The zero-order valence-corrected chi connectivity index (χ0v) is 38.6. The van der Waals surface area contributed by atoms with Crippen molar-refractivity contribution in [1.82, 2.24) is 0 Å². The molecule has 0 bridgehead atoms. The highest BCUT2D eigenvalue weighted by Crippen LogP contribution is 2.51. The Bertz CT molecular complexity index is 4280. The van der Waals surface area contributed by atoms with Crippen LogP contribution in [0.15, 0.2) is 243 Å². The molecular weight excluding hydrogens is 829 g/mol. The minimum atomic E-state index is -0.0952. The van der Waals surface area contributed by atoms with Crippen molar-refractivity contribution >= 4 is 64.6 Å². The largest absolute Gasteiger partial charge is 0.0619 e. The Labute approximate surface area is 402 Å². The molecule has 0 amide bonds. The Hall–Kier alpha value is -8.58. The van der Waals surface area contributed by atoms with Gasteiger partial charge in [-0.25, -0.2) is 0 Å². The van der Waals surface area contributed by atoms with Gasteiger partial charge in [0.25, 0.3) is 0 Å². The molecule has 0 saturated heterocycles. The highest BCUT2D eigenvalue weighted by atomic mass is 14.4. The summed E-state index contributed by atoms with van der Waals surface area (Å²) in [5.74, 6) is 0. The summed E-state index contributed by atoms with van der Waals surface area (Å²) in [5, 5.41) is 15.1. The van der Waals surface area contributed by atoms with Gasteiger partial charge in [0.05, 0.1) is 0 Å². The maximum Gasteiger partial charge on any atom is 0.0159 e. The fourth-order valence-electron chi connectivity index (χ4n) is 12.1. The van der Waals surface area contributed by atoms with Gasteiger partial charge in [-0.05, 0) is 179 Å². The average Bonchev–Trinajstić information content (AvgIpc) is 3.64. The van der Waals surface area contributed by atoms with Gasteiger partial charge in [0, 0.05) is 5.41 Å². The molecule has 1 aliphatic carbocycles. The molecule has 0 radical (unpaired) electrons. The molecule has 0 atom stereocenters. The van der Waals surface area contributed by atoms with Crippen LogP contribution in [-0.4, -0.2) is 0 Å². The minimum Gasteiger partial charge on any atom is -0.0619 e. The molecule has 0 fully saturated rings. The van der Waals surface area contributed by atoms with Gasteiger partial charge in [-0.3, -0.25) is 0 Å². The summed E-state index contributed by atoms with van der Waals surface area (Å²) < 4.78 is 0.